The summed E-state index contributed by atoms with van der Waals surface area (Å²) in [6, 6.07) is 5.66. The molecule has 1 amide bonds. The van der Waals surface area contributed by atoms with Gasteiger partial charge in [-0.15, -0.1) is 11.8 Å². The molecule has 2 rings (SSSR count). The zero-order chi connectivity index (χ0) is 15.4. The van der Waals surface area contributed by atoms with Gasteiger partial charge in [0.2, 0.25) is 5.91 Å². The minimum atomic E-state index is -0.0877. The number of nitrogen functional groups attached to an aromatic ring is 1. The Kier molecular flexibility index (Phi) is 5.08. The van der Waals surface area contributed by atoms with Gasteiger partial charge in [-0.3, -0.25) is 4.79 Å². The van der Waals surface area contributed by atoms with Crippen molar-refractivity contribution in [1.82, 2.24) is 4.98 Å². The number of benzene rings is 1. The second kappa shape index (κ2) is 6.82. The van der Waals surface area contributed by atoms with Crippen LogP contribution < -0.4 is 15.8 Å². The highest BCUT2D eigenvalue weighted by molar-refractivity contribution is 8.01. The molecule has 0 bridgehead atoms. The van der Waals surface area contributed by atoms with Crippen molar-refractivity contribution < 1.29 is 9.53 Å². The molecule has 0 aliphatic carbocycles. The molecule has 7 heteroatoms. The fourth-order valence-corrected chi connectivity index (χ4v) is 3.60. The first-order chi connectivity index (χ1) is 9.99. The molecule has 0 radical (unpaired) electrons. The number of ether oxygens (including phenoxy) is 1. The van der Waals surface area contributed by atoms with Gasteiger partial charge >= 0.3 is 0 Å². The summed E-state index contributed by atoms with van der Waals surface area (Å²) in [6.45, 7) is 3.85. The fourth-order valence-electron chi connectivity index (χ4n) is 1.77. The van der Waals surface area contributed by atoms with Crippen LogP contribution in [0.5, 0.6) is 5.75 Å². The van der Waals surface area contributed by atoms with E-state index in [1.165, 1.54) is 23.1 Å². The third-order valence-corrected chi connectivity index (χ3v) is 5.08. The summed E-state index contributed by atoms with van der Waals surface area (Å²) in [6.07, 6.45) is 0. The standard InChI is InChI=1S/C14H17N3O2S2/c1-8-4-5-11(19-3)10(6-8)17-12(18)7-20-13-9(2)16-14(15)21-13/h4-6H,7H2,1-3H3,(H2,15,16)(H,17,18). The number of carbonyl (C=O) groups is 1. The number of aryl methyl sites for hydroxylation is 2. The van der Waals surface area contributed by atoms with E-state index in [2.05, 4.69) is 10.3 Å². The molecule has 0 atom stereocenters. The van der Waals surface area contributed by atoms with Crippen molar-refractivity contribution >= 4 is 39.8 Å². The van der Waals surface area contributed by atoms with E-state index >= 15 is 0 Å². The second-order valence-corrected chi connectivity index (χ2v) is 6.74. The van der Waals surface area contributed by atoms with Crippen molar-refractivity contribution in [1.29, 1.82) is 0 Å². The van der Waals surface area contributed by atoms with Gasteiger partial charge in [-0.25, -0.2) is 4.98 Å². The van der Waals surface area contributed by atoms with E-state index in [-0.39, 0.29) is 5.91 Å². The highest BCUT2D eigenvalue weighted by Crippen LogP contribution is 2.31. The quantitative estimate of drug-likeness (QED) is 0.827. The molecule has 112 valence electrons. The van der Waals surface area contributed by atoms with Crippen LogP contribution in [0, 0.1) is 13.8 Å². The Balaban J connectivity index is 1.99. The van der Waals surface area contributed by atoms with Crippen LogP contribution in [0.3, 0.4) is 0 Å². The number of carbonyl (C=O) groups excluding carboxylic acids is 1. The van der Waals surface area contributed by atoms with Gasteiger partial charge in [0.1, 0.15) is 5.75 Å². The van der Waals surface area contributed by atoms with E-state index < -0.39 is 0 Å². The third kappa shape index (κ3) is 4.12. The maximum absolute atomic E-state index is 12.0. The van der Waals surface area contributed by atoms with Crippen molar-refractivity contribution in [2.75, 3.05) is 23.9 Å². The molecule has 1 aromatic carbocycles. The summed E-state index contributed by atoms with van der Waals surface area (Å²) in [7, 11) is 1.58. The molecule has 1 aromatic heterocycles. The lowest BCUT2D eigenvalue weighted by atomic mass is 10.2. The van der Waals surface area contributed by atoms with E-state index in [4.69, 9.17) is 10.5 Å². The number of methoxy groups -OCH3 is 1. The Morgan fingerprint density at radius 1 is 1.48 bits per heavy atom. The number of anilines is 2. The number of rotatable bonds is 5. The summed E-state index contributed by atoms with van der Waals surface area (Å²) >= 11 is 2.83. The Labute approximate surface area is 131 Å². The molecule has 1 heterocycles. The van der Waals surface area contributed by atoms with Crippen LogP contribution >= 0.6 is 23.1 Å². The molecule has 0 spiro atoms. The number of nitrogens with two attached hydrogens (primary N) is 1. The largest absolute Gasteiger partial charge is 0.495 e. The topological polar surface area (TPSA) is 77.2 Å². The number of hydrogen-bond acceptors (Lipinski definition) is 6. The minimum Gasteiger partial charge on any atom is -0.495 e. The Morgan fingerprint density at radius 3 is 2.86 bits per heavy atom. The van der Waals surface area contributed by atoms with Gasteiger partial charge in [0.05, 0.1) is 28.5 Å². The molecule has 0 aliphatic rings. The van der Waals surface area contributed by atoms with Crippen LogP contribution in [0.15, 0.2) is 22.4 Å². The summed E-state index contributed by atoms with van der Waals surface area (Å²) in [4.78, 5) is 16.2. The molecule has 5 nitrogen and oxygen atoms in total. The van der Waals surface area contributed by atoms with E-state index in [0.29, 0.717) is 22.3 Å². The number of nitrogens with zero attached hydrogens (tertiary/aromatic N) is 1. The Bertz CT molecular complexity index is 656. The summed E-state index contributed by atoms with van der Waals surface area (Å²) < 4.78 is 6.21. The normalized spacial score (nSPS) is 10.4. The number of hydrogen-bond donors (Lipinski definition) is 2. The molecule has 0 aliphatic heterocycles. The average molecular weight is 323 g/mol. The van der Waals surface area contributed by atoms with Crippen LogP contribution in [0.25, 0.3) is 0 Å². The summed E-state index contributed by atoms with van der Waals surface area (Å²) in [5.74, 6) is 0.868. The van der Waals surface area contributed by atoms with Gasteiger partial charge in [0, 0.05) is 0 Å². The van der Waals surface area contributed by atoms with Crippen LogP contribution in [0.4, 0.5) is 10.8 Å². The number of amides is 1. The predicted molar refractivity (Wildman–Crippen MR) is 88.3 cm³/mol. The van der Waals surface area contributed by atoms with Gasteiger partial charge < -0.3 is 15.8 Å². The second-order valence-electron chi connectivity index (χ2n) is 4.47. The molecule has 21 heavy (non-hydrogen) atoms. The molecule has 0 saturated heterocycles. The molecule has 0 fully saturated rings. The van der Waals surface area contributed by atoms with Crippen molar-refractivity contribution in [3.05, 3.63) is 29.5 Å². The SMILES string of the molecule is COc1ccc(C)cc1NC(=O)CSc1sc(N)nc1C. The third-order valence-electron chi connectivity index (χ3n) is 2.73. The first-order valence-corrected chi connectivity index (χ1v) is 8.10. The Morgan fingerprint density at radius 2 is 2.24 bits per heavy atom. The monoisotopic (exact) mass is 323 g/mol. The van der Waals surface area contributed by atoms with Gasteiger partial charge in [-0.2, -0.15) is 0 Å². The molecular formula is C14H17N3O2S2. The van der Waals surface area contributed by atoms with Gasteiger partial charge in [-0.05, 0) is 31.5 Å². The summed E-state index contributed by atoms with van der Waals surface area (Å²) in [5.41, 5.74) is 8.25. The number of thioether (sulfide) groups is 1. The molecule has 0 saturated carbocycles. The smallest absolute Gasteiger partial charge is 0.234 e. The molecule has 2 aromatic rings. The zero-order valence-corrected chi connectivity index (χ0v) is 13.7. The van der Waals surface area contributed by atoms with E-state index in [1.807, 2.05) is 32.0 Å². The van der Waals surface area contributed by atoms with Crippen LogP contribution in [-0.2, 0) is 4.79 Å². The maximum Gasteiger partial charge on any atom is 0.234 e. The maximum atomic E-state index is 12.0. The average Bonchev–Trinajstić information content (AvgIpc) is 2.75. The first-order valence-electron chi connectivity index (χ1n) is 6.30. The van der Waals surface area contributed by atoms with Crippen LogP contribution in [0.2, 0.25) is 0 Å². The van der Waals surface area contributed by atoms with Crippen molar-refractivity contribution in [3.63, 3.8) is 0 Å². The van der Waals surface area contributed by atoms with E-state index in [9.17, 15) is 4.79 Å². The van der Waals surface area contributed by atoms with Crippen molar-refractivity contribution in [3.8, 4) is 5.75 Å². The van der Waals surface area contributed by atoms with Crippen molar-refractivity contribution in [2.24, 2.45) is 0 Å². The number of aromatic nitrogens is 1. The van der Waals surface area contributed by atoms with Gasteiger partial charge in [0.25, 0.3) is 0 Å². The van der Waals surface area contributed by atoms with Crippen LogP contribution in [0.1, 0.15) is 11.3 Å². The first kappa shape index (κ1) is 15.7. The zero-order valence-electron chi connectivity index (χ0n) is 12.1. The highest BCUT2D eigenvalue weighted by Gasteiger charge is 2.11. The molecular weight excluding hydrogens is 306 g/mol. The minimum absolute atomic E-state index is 0.0877. The van der Waals surface area contributed by atoms with Crippen molar-refractivity contribution in [2.45, 2.75) is 18.1 Å². The fraction of sp³-hybridized carbons (Fsp3) is 0.286. The highest BCUT2D eigenvalue weighted by atomic mass is 32.2. The molecule has 3 N–H and O–H groups in total. The lowest BCUT2D eigenvalue weighted by molar-refractivity contribution is -0.113. The number of nitrogens with one attached hydrogen (secondary N) is 1. The van der Waals surface area contributed by atoms with E-state index in [1.54, 1.807) is 7.11 Å². The Hall–Kier alpha value is -1.73. The summed E-state index contributed by atoms with van der Waals surface area (Å²) in [5, 5.41) is 3.39. The van der Waals surface area contributed by atoms with Gasteiger partial charge in [0.15, 0.2) is 5.13 Å². The molecule has 0 unspecified atom stereocenters. The lowest BCUT2D eigenvalue weighted by Crippen LogP contribution is -2.14. The van der Waals surface area contributed by atoms with Gasteiger partial charge in [-0.1, -0.05) is 17.4 Å². The lowest BCUT2D eigenvalue weighted by Gasteiger charge is -2.10. The number of thiazole rings is 1. The van der Waals surface area contributed by atoms with E-state index in [0.717, 1.165) is 15.5 Å². The predicted octanol–water partition coefficient (Wildman–Crippen LogP) is 3.08. The van der Waals surface area contributed by atoms with Crippen LogP contribution in [-0.4, -0.2) is 23.8 Å².